The Morgan fingerprint density at radius 1 is 0.467 bits per heavy atom. The molecule has 0 unspecified atom stereocenters. The third-order valence-corrected chi connectivity index (χ3v) is 6.96. The number of H-pyrrole nitrogens is 1. The molecule has 1 N–H and O–H groups in total. The molecule has 0 saturated carbocycles. The predicted octanol–water partition coefficient (Wildman–Crippen LogP) is 14.5. The van der Waals surface area contributed by atoms with Crippen molar-refractivity contribution in [2.45, 2.75) is 162 Å². The van der Waals surface area contributed by atoms with Crippen molar-refractivity contribution in [3.8, 4) is 0 Å². The molecule has 60 heavy (non-hydrogen) atoms. The summed E-state index contributed by atoms with van der Waals surface area (Å²) in [5, 5.41) is 0. The average molecular weight is 827 g/mol. The van der Waals surface area contributed by atoms with Gasteiger partial charge >= 0.3 is 0 Å². The molecule has 8 heteroatoms. The summed E-state index contributed by atoms with van der Waals surface area (Å²) in [5.41, 5.74) is 5.59. The fourth-order valence-electron chi connectivity index (χ4n) is 4.57. The Labute approximate surface area is 366 Å². The van der Waals surface area contributed by atoms with E-state index in [1.807, 2.05) is 82.6 Å². The minimum absolute atomic E-state index is 0.0255. The summed E-state index contributed by atoms with van der Waals surface area (Å²) >= 11 is 0. The molecule has 0 aliphatic heterocycles. The van der Waals surface area contributed by atoms with E-state index in [1.165, 1.54) is 11.4 Å². The Morgan fingerprint density at radius 2 is 0.933 bits per heavy atom. The molecule has 0 aliphatic carbocycles. The molecule has 0 amide bonds. The quantitative estimate of drug-likeness (QED) is 0.192. The van der Waals surface area contributed by atoms with Gasteiger partial charge in [0.15, 0.2) is 0 Å². The Kier molecular flexibility index (Phi) is 30.7. The highest BCUT2D eigenvalue weighted by Gasteiger charge is 2.06. The second kappa shape index (κ2) is 32.1. The second-order valence-corrected chi connectivity index (χ2v) is 18.6. The van der Waals surface area contributed by atoms with E-state index in [0.717, 1.165) is 40.5 Å². The molecule has 0 spiro atoms. The van der Waals surface area contributed by atoms with Gasteiger partial charge in [-0.1, -0.05) is 143 Å². The summed E-state index contributed by atoms with van der Waals surface area (Å²) in [6, 6.07) is 21.3. The van der Waals surface area contributed by atoms with Crippen molar-refractivity contribution in [2.75, 3.05) is 0 Å². The predicted molar refractivity (Wildman–Crippen MR) is 263 cm³/mol. The van der Waals surface area contributed by atoms with Gasteiger partial charge < -0.3 is 18.4 Å². The second-order valence-electron chi connectivity index (χ2n) is 18.6. The molecular weight excluding hydrogens is 741 g/mol. The fourth-order valence-corrected chi connectivity index (χ4v) is 4.57. The van der Waals surface area contributed by atoms with Gasteiger partial charge in [0.2, 0.25) is 0 Å². The summed E-state index contributed by atoms with van der Waals surface area (Å²) in [7, 11) is 0. The Balaban J connectivity index is 0. The molecule has 0 atom stereocenters. The summed E-state index contributed by atoms with van der Waals surface area (Å²) in [6.07, 6.45) is 11.3. The van der Waals surface area contributed by atoms with E-state index in [9.17, 15) is 9.59 Å². The van der Waals surface area contributed by atoms with Gasteiger partial charge in [-0.3, -0.25) is 9.59 Å². The standard InChI is InChI=1S/2C10H12N2.2C8H11NO.4C4H10/c1-8(2)9-4-5-10-11-6-3-7-12(9)10;1-8(2)9-7-11-10-5-3-4-6-12(9)10;1-7(2)9-6-4-3-5-8(9)10;1-6(2)7-4-3-5-9-8(7)10;4*1-4(2)3/h2*3-8H,1-2H3;3-7H,1-2H3;3-6H,1-2H3,(H,9,10);4*4H,1-3H3. The van der Waals surface area contributed by atoms with Crippen LogP contribution >= 0.6 is 0 Å². The number of aromatic nitrogens is 6. The Bertz CT molecular complexity index is 1870. The van der Waals surface area contributed by atoms with Gasteiger partial charge in [0.05, 0.1) is 0 Å². The lowest BCUT2D eigenvalue weighted by Crippen LogP contribution is -2.19. The van der Waals surface area contributed by atoms with Crippen LogP contribution in [0.1, 0.15) is 179 Å². The number of nitrogens with one attached hydrogen (secondary N) is 1. The van der Waals surface area contributed by atoms with Crippen LogP contribution in [0.3, 0.4) is 0 Å². The summed E-state index contributed by atoms with van der Waals surface area (Å²) < 4.78 is 5.95. The summed E-state index contributed by atoms with van der Waals surface area (Å²) in [4.78, 5) is 33.2. The zero-order valence-electron chi connectivity index (χ0n) is 41.5. The molecule has 0 bridgehead atoms. The van der Waals surface area contributed by atoms with Gasteiger partial charge in [-0.15, -0.1) is 0 Å². The third-order valence-electron chi connectivity index (χ3n) is 6.96. The number of imidazole rings is 1. The van der Waals surface area contributed by atoms with E-state index in [0.29, 0.717) is 17.8 Å². The van der Waals surface area contributed by atoms with Crippen molar-refractivity contribution in [1.29, 1.82) is 0 Å². The van der Waals surface area contributed by atoms with Gasteiger partial charge in [0.25, 0.3) is 11.1 Å². The first-order valence-corrected chi connectivity index (χ1v) is 22.1. The number of hydrogen-bond acceptors (Lipinski definition) is 4. The minimum Gasteiger partial charge on any atom is -0.329 e. The maximum atomic E-state index is 11.0. The lowest BCUT2D eigenvalue weighted by molar-refractivity contribution is 0.578. The average Bonchev–Trinajstić information content (AvgIpc) is 3.77. The van der Waals surface area contributed by atoms with Crippen molar-refractivity contribution in [3.63, 3.8) is 0 Å². The molecule has 6 rings (SSSR count). The number of nitrogens with zero attached hydrogens (tertiary/aromatic N) is 5. The maximum Gasteiger partial charge on any atom is 0.251 e. The zero-order valence-corrected chi connectivity index (χ0v) is 41.5. The monoisotopic (exact) mass is 827 g/mol. The molecular formula is C52H86N6O2. The van der Waals surface area contributed by atoms with Crippen LogP contribution in [0, 0.1) is 23.7 Å². The van der Waals surface area contributed by atoms with Gasteiger partial charge in [-0.2, -0.15) is 0 Å². The lowest BCUT2D eigenvalue weighted by atomic mass is 10.1. The van der Waals surface area contributed by atoms with Crippen LogP contribution in [0.15, 0.2) is 114 Å². The van der Waals surface area contributed by atoms with Crippen molar-refractivity contribution >= 4 is 11.3 Å². The summed E-state index contributed by atoms with van der Waals surface area (Å²) in [6.45, 7) is 42.7. The molecule has 0 fully saturated rings. The maximum absolute atomic E-state index is 11.0. The van der Waals surface area contributed by atoms with Crippen LogP contribution in [0.4, 0.5) is 0 Å². The summed E-state index contributed by atoms with van der Waals surface area (Å²) in [5.74, 6) is 4.73. The van der Waals surface area contributed by atoms with E-state index >= 15 is 0 Å². The van der Waals surface area contributed by atoms with Crippen LogP contribution in [0.5, 0.6) is 0 Å². The molecule has 0 aliphatic rings. The van der Waals surface area contributed by atoms with Crippen molar-refractivity contribution in [3.05, 3.63) is 142 Å². The Morgan fingerprint density at radius 3 is 1.37 bits per heavy atom. The van der Waals surface area contributed by atoms with Crippen LogP contribution < -0.4 is 11.1 Å². The number of hydrogen-bond donors (Lipinski definition) is 1. The van der Waals surface area contributed by atoms with Crippen LogP contribution in [-0.2, 0) is 0 Å². The molecule has 6 aromatic rings. The van der Waals surface area contributed by atoms with Crippen LogP contribution in [-0.4, -0.2) is 28.3 Å². The largest absolute Gasteiger partial charge is 0.329 e. The highest BCUT2D eigenvalue weighted by Crippen LogP contribution is 2.17. The first-order chi connectivity index (χ1) is 27.9. The van der Waals surface area contributed by atoms with E-state index in [2.05, 4.69) is 159 Å². The first-order valence-electron chi connectivity index (χ1n) is 22.1. The molecule has 6 heterocycles. The van der Waals surface area contributed by atoms with E-state index in [1.54, 1.807) is 29.1 Å². The van der Waals surface area contributed by atoms with E-state index in [4.69, 9.17) is 0 Å². The molecule has 0 saturated heterocycles. The van der Waals surface area contributed by atoms with Gasteiger partial charge in [-0.25, -0.2) is 9.97 Å². The minimum atomic E-state index is 0.0255. The molecule has 6 aromatic heterocycles. The van der Waals surface area contributed by atoms with Crippen molar-refractivity contribution < 1.29 is 0 Å². The normalized spacial score (nSPS) is 10.3. The van der Waals surface area contributed by atoms with E-state index in [-0.39, 0.29) is 17.2 Å². The SMILES string of the molecule is CC(C)C.CC(C)C.CC(C)C.CC(C)C.CC(C)c1ccc2ncccn12.CC(C)c1ccc[nH]c1=O.CC(C)c1cnc2ccccn12.CC(C)n1ccccc1=O. The first kappa shape index (κ1) is 57.4. The van der Waals surface area contributed by atoms with Gasteiger partial charge in [-0.05, 0) is 97.7 Å². The number of pyridine rings is 3. The number of aromatic amines is 1. The van der Waals surface area contributed by atoms with E-state index < -0.39 is 0 Å². The zero-order chi connectivity index (χ0) is 46.5. The van der Waals surface area contributed by atoms with Crippen LogP contribution in [0.25, 0.3) is 11.3 Å². The number of fused-ring (bicyclic) bond motifs is 2. The van der Waals surface area contributed by atoms with Crippen LogP contribution in [0.2, 0.25) is 0 Å². The molecule has 336 valence electrons. The highest BCUT2D eigenvalue weighted by molar-refractivity contribution is 5.42. The third kappa shape index (κ3) is 27.1. The van der Waals surface area contributed by atoms with Crippen molar-refractivity contribution in [1.82, 2.24) is 28.3 Å². The highest BCUT2D eigenvalue weighted by atomic mass is 16.1. The number of rotatable bonds is 4. The fraction of sp³-hybridized carbons (Fsp3) is 0.538. The topological polar surface area (TPSA) is 89.5 Å². The molecule has 8 nitrogen and oxygen atoms in total. The molecule has 0 radical (unpaired) electrons. The lowest BCUT2D eigenvalue weighted by Gasteiger charge is -2.06. The van der Waals surface area contributed by atoms with Gasteiger partial charge in [0.1, 0.15) is 11.3 Å². The molecule has 0 aromatic carbocycles. The smallest absolute Gasteiger partial charge is 0.251 e. The van der Waals surface area contributed by atoms with Crippen molar-refractivity contribution in [2.24, 2.45) is 23.7 Å². The van der Waals surface area contributed by atoms with Gasteiger partial charge in [0, 0.05) is 66.2 Å². The Hall–Kier alpha value is -4.72.